The zero-order valence-electron chi connectivity index (χ0n) is 17.6. The van der Waals surface area contributed by atoms with E-state index >= 15 is 0 Å². The highest BCUT2D eigenvalue weighted by Crippen LogP contribution is 2.41. The Morgan fingerprint density at radius 1 is 1.22 bits per heavy atom. The van der Waals surface area contributed by atoms with Gasteiger partial charge in [0, 0.05) is 18.3 Å². The molecule has 0 aromatic heterocycles. The predicted octanol–water partition coefficient (Wildman–Crippen LogP) is 1.46. The normalized spacial score (nSPS) is 18.8. The van der Waals surface area contributed by atoms with Crippen molar-refractivity contribution in [2.45, 2.75) is 18.4 Å². The van der Waals surface area contributed by atoms with Gasteiger partial charge in [0.05, 0.1) is 6.54 Å². The smallest absolute Gasteiger partial charge is 0.325 e. The molecule has 2 aromatic rings. The molecule has 2 N–H and O–H groups in total. The van der Waals surface area contributed by atoms with Crippen molar-refractivity contribution in [1.82, 2.24) is 15.1 Å². The Labute approximate surface area is 185 Å². The number of likely N-dealkylation sites (N-methyl/N-ethyl adjacent to an activating group) is 1. The van der Waals surface area contributed by atoms with Crippen LogP contribution < -0.4 is 10.6 Å². The van der Waals surface area contributed by atoms with Gasteiger partial charge in [-0.15, -0.1) is 6.42 Å². The number of amides is 5. The summed E-state index contributed by atoms with van der Waals surface area (Å²) >= 11 is 0. The number of nitrogens with one attached hydrogen (secondary N) is 2. The fourth-order valence-electron chi connectivity index (χ4n) is 4.18. The molecule has 1 heterocycles. The van der Waals surface area contributed by atoms with Crippen molar-refractivity contribution in [2.24, 2.45) is 0 Å². The summed E-state index contributed by atoms with van der Waals surface area (Å²) in [4.78, 5) is 52.8. The zero-order valence-corrected chi connectivity index (χ0v) is 17.6. The number of carbonyl (C=O) groups is 4. The van der Waals surface area contributed by atoms with Gasteiger partial charge in [-0.25, -0.2) is 4.79 Å². The molecule has 4 rings (SSSR count). The number of fused-ring (bicyclic) bond motifs is 2. The summed E-state index contributed by atoms with van der Waals surface area (Å²) in [5.41, 5.74) is 1.80. The molecule has 2 aliphatic rings. The van der Waals surface area contributed by atoms with E-state index in [1.165, 1.54) is 11.9 Å². The van der Waals surface area contributed by atoms with Crippen molar-refractivity contribution in [2.75, 3.05) is 25.5 Å². The van der Waals surface area contributed by atoms with Crippen molar-refractivity contribution in [3.8, 4) is 12.3 Å². The van der Waals surface area contributed by atoms with Gasteiger partial charge in [-0.05, 0) is 42.2 Å². The molecule has 1 spiro atoms. The fraction of sp³-hybridized carbons (Fsp3) is 0.250. The standard InChI is InChI=1S/C24H22N4O4/c1-3-16-7-6-9-18(13-16)25-20(29)14-27(2)21(30)15-28-22(31)24(26-23(28)32)12-11-17-8-4-5-10-19(17)24/h1,4-10,13H,11-12,14-15H2,2H3,(H,25,29)(H,26,32). The summed E-state index contributed by atoms with van der Waals surface area (Å²) in [6.45, 7) is -0.679. The molecule has 1 aliphatic heterocycles. The van der Waals surface area contributed by atoms with E-state index in [-0.39, 0.29) is 6.54 Å². The molecule has 1 saturated heterocycles. The van der Waals surface area contributed by atoms with Crippen LogP contribution in [-0.2, 0) is 26.3 Å². The van der Waals surface area contributed by atoms with E-state index in [1.807, 2.05) is 24.3 Å². The number of nitrogens with zero attached hydrogens (tertiary/aromatic N) is 2. The third kappa shape index (κ3) is 3.69. The van der Waals surface area contributed by atoms with Crippen LogP contribution in [0.2, 0.25) is 0 Å². The maximum absolute atomic E-state index is 13.2. The van der Waals surface area contributed by atoms with E-state index in [2.05, 4.69) is 16.6 Å². The summed E-state index contributed by atoms with van der Waals surface area (Å²) in [5, 5.41) is 5.46. The van der Waals surface area contributed by atoms with Gasteiger partial charge in [-0.3, -0.25) is 19.3 Å². The van der Waals surface area contributed by atoms with Gasteiger partial charge in [-0.2, -0.15) is 0 Å². The lowest BCUT2D eigenvalue weighted by molar-refractivity contribution is -0.139. The van der Waals surface area contributed by atoms with Gasteiger partial charge in [0.25, 0.3) is 5.91 Å². The first-order valence-corrected chi connectivity index (χ1v) is 10.2. The molecule has 32 heavy (non-hydrogen) atoms. The van der Waals surface area contributed by atoms with Gasteiger partial charge >= 0.3 is 6.03 Å². The largest absolute Gasteiger partial charge is 0.335 e. The monoisotopic (exact) mass is 430 g/mol. The fourth-order valence-corrected chi connectivity index (χ4v) is 4.18. The first kappa shape index (κ1) is 21.1. The molecule has 0 radical (unpaired) electrons. The van der Waals surface area contributed by atoms with E-state index in [1.54, 1.807) is 24.3 Å². The third-order valence-corrected chi connectivity index (χ3v) is 5.84. The number of hydrogen-bond donors (Lipinski definition) is 2. The maximum atomic E-state index is 13.2. The quantitative estimate of drug-likeness (QED) is 0.554. The predicted molar refractivity (Wildman–Crippen MR) is 117 cm³/mol. The second kappa shape index (κ2) is 8.19. The Bertz CT molecular complexity index is 1170. The van der Waals surface area contributed by atoms with E-state index < -0.39 is 35.8 Å². The number of urea groups is 1. The van der Waals surface area contributed by atoms with Gasteiger partial charge < -0.3 is 15.5 Å². The first-order valence-electron chi connectivity index (χ1n) is 10.2. The summed E-state index contributed by atoms with van der Waals surface area (Å²) in [7, 11) is 1.44. The van der Waals surface area contributed by atoms with Crippen LogP contribution in [0.3, 0.4) is 0 Å². The Morgan fingerprint density at radius 3 is 2.78 bits per heavy atom. The van der Waals surface area contributed by atoms with Crippen LogP contribution in [0.15, 0.2) is 48.5 Å². The molecule has 1 fully saturated rings. The highest BCUT2D eigenvalue weighted by Gasteiger charge is 2.55. The van der Waals surface area contributed by atoms with Crippen molar-refractivity contribution < 1.29 is 19.2 Å². The molecule has 8 heteroatoms. The number of terminal acetylenes is 1. The van der Waals surface area contributed by atoms with Gasteiger partial charge in [-0.1, -0.05) is 36.3 Å². The van der Waals surface area contributed by atoms with Crippen molar-refractivity contribution in [1.29, 1.82) is 0 Å². The Kier molecular flexibility index (Phi) is 5.41. The Hall–Kier alpha value is -4.12. The molecule has 0 bridgehead atoms. The number of aryl methyl sites for hydroxylation is 1. The average Bonchev–Trinajstić information content (AvgIpc) is 3.26. The molecular formula is C24H22N4O4. The van der Waals surface area contributed by atoms with Crippen LogP contribution in [-0.4, -0.2) is 53.7 Å². The maximum Gasteiger partial charge on any atom is 0.325 e. The van der Waals surface area contributed by atoms with Crippen LogP contribution in [0, 0.1) is 12.3 Å². The minimum atomic E-state index is -1.12. The molecular weight excluding hydrogens is 408 g/mol. The minimum Gasteiger partial charge on any atom is -0.335 e. The lowest BCUT2D eigenvalue weighted by Gasteiger charge is -2.23. The van der Waals surface area contributed by atoms with E-state index in [0.717, 1.165) is 16.0 Å². The molecule has 1 unspecified atom stereocenters. The van der Waals surface area contributed by atoms with Crippen LogP contribution in [0.25, 0.3) is 0 Å². The summed E-state index contributed by atoms with van der Waals surface area (Å²) < 4.78 is 0. The van der Waals surface area contributed by atoms with Crippen molar-refractivity contribution in [3.05, 3.63) is 65.2 Å². The molecule has 1 aliphatic carbocycles. The number of imide groups is 1. The number of hydrogen-bond acceptors (Lipinski definition) is 4. The SMILES string of the molecule is C#Cc1cccc(NC(=O)CN(C)C(=O)CN2C(=O)NC3(CCc4ccccc43)C2=O)c1. The number of anilines is 1. The van der Waals surface area contributed by atoms with Crippen molar-refractivity contribution in [3.63, 3.8) is 0 Å². The molecule has 162 valence electrons. The Morgan fingerprint density at radius 2 is 2.00 bits per heavy atom. The highest BCUT2D eigenvalue weighted by molar-refractivity contribution is 6.10. The third-order valence-electron chi connectivity index (χ3n) is 5.84. The topological polar surface area (TPSA) is 98.8 Å². The van der Waals surface area contributed by atoms with Crippen LogP contribution in [0.4, 0.5) is 10.5 Å². The number of carbonyl (C=O) groups excluding carboxylic acids is 4. The minimum absolute atomic E-state index is 0.239. The van der Waals surface area contributed by atoms with Gasteiger partial charge in [0.2, 0.25) is 11.8 Å². The van der Waals surface area contributed by atoms with Gasteiger partial charge in [0.15, 0.2) is 0 Å². The van der Waals surface area contributed by atoms with Crippen molar-refractivity contribution >= 4 is 29.4 Å². The number of benzene rings is 2. The summed E-state index contributed by atoms with van der Waals surface area (Å²) in [6, 6.07) is 13.7. The summed E-state index contributed by atoms with van der Waals surface area (Å²) in [6.07, 6.45) is 6.49. The molecule has 1 atom stereocenters. The summed E-state index contributed by atoms with van der Waals surface area (Å²) in [5.74, 6) is 1.10. The van der Waals surface area contributed by atoms with Crippen LogP contribution in [0.1, 0.15) is 23.1 Å². The zero-order chi connectivity index (χ0) is 22.9. The van der Waals surface area contributed by atoms with E-state index in [4.69, 9.17) is 6.42 Å². The highest BCUT2D eigenvalue weighted by atomic mass is 16.2. The second-order valence-corrected chi connectivity index (χ2v) is 7.91. The second-order valence-electron chi connectivity index (χ2n) is 7.91. The molecule has 5 amide bonds. The first-order chi connectivity index (χ1) is 15.3. The average molecular weight is 430 g/mol. The van der Waals surface area contributed by atoms with Gasteiger partial charge in [0.1, 0.15) is 12.1 Å². The van der Waals surface area contributed by atoms with E-state index in [0.29, 0.717) is 24.1 Å². The lowest BCUT2D eigenvalue weighted by atomic mass is 9.92. The Balaban J connectivity index is 1.39. The molecule has 0 saturated carbocycles. The lowest BCUT2D eigenvalue weighted by Crippen LogP contribution is -2.45. The molecule has 8 nitrogen and oxygen atoms in total. The van der Waals surface area contributed by atoms with E-state index in [9.17, 15) is 19.2 Å². The van der Waals surface area contributed by atoms with Crippen LogP contribution >= 0.6 is 0 Å². The van der Waals surface area contributed by atoms with Crippen LogP contribution in [0.5, 0.6) is 0 Å². The number of rotatable bonds is 5. The molecule has 2 aromatic carbocycles.